The molecule has 1 aromatic carbocycles. The van der Waals surface area contributed by atoms with Crippen LogP contribution in [0, 0.1) is 13.8 Å². The molecular weight excluding hydrogens is 342 g/mol. The highest BCUT2D eigenvalue weighted by Crippen LogP contribution is 2.19. The van der Waals surface area contributed by atoms with Crippen molar-refractivity contribution in [2.45, 2.75) is 40.3 Å². The quantitative estimate of drug-likeness (QED) is 0.794. The molecule has 1 aliphatic heterocycles. The minimum atomic E-state index is 0.0488. The van der Waals surface area contributed by atoms with Crippen LogP contribution in [0.4, 0.5) is 5.69 Å². The van der Waals surface area contributed by atoms with E-state index in [1.807, 2.05) is 36.7 Å². The SMILES string of the molecule is CCCn1nnnc1CN1CCN(CC(=O)Nc2c(C)cccc2C)CC1. The number of anilines is 1. The molecular formula is C19H29N7O. The van der Waals surface area contributed by atoms with E-state index < -0.39 is 0 Å². The third-order valence-electron chi connectivity index (χ3n) is 4.98. The number of carbonyl (C=O) groups excluding carboxylic acids is 1. The first-order chi connectivity index (χ1) is 13.1. The number of nitrogens with one attached hydrogen (secondary N) is 1. The standard InChI is InChI=1S/C19H29N7O/c1-4-8-26-17(21-22-23-26)13-24-9-11-25(12-10-24)14-18(27)20-19-15(2)6-5-7-16(19)3/h5-7H,4,8-14H2,1-3H3,(H,20,27). The van der Waals surface area contributed by atoms with Gasteiger partial charge in [0, 0.05) is 38.4 Å². The average Bonchev–Trinajstić information content (AvgIpc) is 3.07. The van der Waals surface area contributed by atoms with Crippen LogP contribution in [0.15, 0.2) is 18.2 Å². The number of amides is 1. The zero-order valence-corrected chi connectivity index (χ0v) is 16.5. The maximum atomic E-state index is 12.4. The van der Waals surface area contributed by atoms with Crippen LogP contribution in [0.25, 0.3) is 0 Å². The monoisotopic (exact) mass is 371 g/mol. The van der Waals surface area contributed by atoms with E-state index in [0.717, 1.165) is 68.3 Å². The number of hydrogen-bond donors (Lipinski definition) is 1. The van der Waals surface area contributed by atoms with Gasteiger partial charge in [0.1, 0.15) is 0 Å². The van der Waals surface area contributed by atoms with Crippen molar-refractivity contribution < 1.29 is 4.79 Å². The summed E-state index contributed by atoms with van der Waals surface area (Å²) in [5.74, 6) is 0.964. The second-order valence-corrected chi connectivity index (χ2v) is 7.19. The van der Waals surface area contributed by atoms with Crippen LogP contribution in [0.3, 0.4) is 0 Å². The van der Waals surface area contributed by atoms with Crippen molar-refractivity contribution >= 4 is 11.6 Å². The summed E-state index contributed by atoms with van der Waals surface area (Å²) in [7, 11) is 0. The number of rotatable bonds is 7. The fraction of sp³-hybridized carbons (Fsp3) is 0.579. The molecule has 3 rings (SSSR count). The molecule has 1 saturated heterocycles. The van der Waals surface area contributed by atoms with E-state index in [1.165, 1.54) is 0 Å². The molecule has 146 valence electrons. The molecule has 0 spiro atoms. The molecule has 1 amide bonds. The van der Waals surface area contributed by atoms with Gasteiger partial charge in [0.05, 0.1) is 13.1 Å². The van der Waals surface area contributed by atoms with Gasteiger partial charge in [0.2, 0.25) is 5.91 Å². The molecule has 0 radical (unpaired) electrons. The van der Waals surface area contributed by atoms with Crippen LogP contribution >= 0.6 is 0 Å². The number of benzene rings is 1. The van der Waals surface area contributed by atoms with E-state index >= 15 is 0 Å². The maximum Gasteiger partial charge on any atom is 0.238 e. The summed E-state index contributed by atoms with van der Waals surface area (Å²) in [6, 6.07) is 6.05. The molecule has 1 fully saturated rings. The third kappa shape index (κ3) is 5.11. The Morgan fingerprint density at radius 2 is 1.78 bits per heavy atom. The lowest BCUT2D eigenvalue weighted by Crippen LogP contribution is -2.48. The summed E-state index contributed by atoms with van der Waals surface area (Å²) in [5, 5.41) is 15.0. The minimum absolute atomic E-state index is 0.0488. The molecule has 2 heterocycles. The van der Waals surface area contributed by atoms with Gasteiger partial charge in [0.15, 0.2) is 5.82 Å². The summed E-state index contributed by atoms with van der Waals surface area (Å²) < 4.78 is 1.88. The Balaban J connectivity index is 1.46. The van der Waals surface area contributed by atoms with Crippen LogP contribution < -0.4 is 5.32 Å². The van der Waals surface area contributed by atoms with Crippen molar-refractivity contribution in [2.75, 3.05) is 38.0 Å². The highest BCUT2D eigenvalue weighted by atomic mass is 16.2. The number of para-hydroxylation sites is 1. The Morgan fingerprint density at radius 3 is 2.44 bits per heavy atom. The lowest BCUT2D eigenvalue weighted by atomic mass is 10.1. The highest BCUT2D eigenvalue weighted by molar-refractivity contribution is 5.93. The van der Waals surface area contributed by atoms with Gasteiger partial charge in [-0.3, -0.25) is 14.6 Å². The van der Waals surface area contributed by atoms with Crippen LogP contribution in [-0.4, -0.2) is 68.6 Å². The fourth-order valence-electron chi connectivity index (χ4n) is 3.42. The summed E-state index contributed by atoms with van der Waals surface area (Å²) >= 11 is 0. The molecule has 1 N–H and O–H groups in total. The lowest BCUT2D eigenvalue weighted by molar-refractivity contribution is -0.117. The van der Waals surface area contributed by atoms with Crippen LogP contribution in [0.1, 0.15) is 30.3 Å². The zero-order valence-electron chi connectivity index (χ0n) is 16.5. The van der Waals surface area contributed by atoms with Gasteiger partial charge in [-0.15, -0.1) is 5.10 Å². The normalized spacial score (nSPS) is 15.8. The van der Waals surface area contributed by atoms with Crippen molar-refractivity contribution in [2.24, 2.45) is 0 Å². The number of aromatic nitrogens is 4. The predicted octanol–water partition coefficient (Wildman–Crippen LogP) is 1.46. The van der Waals surface area contributed by atoms with Crippen molar-refractivity contribution in [1.29, 1.82) is 0 Å². The molecule has 0 aliphatic carbocycles. The molecule has 27 heavy (non-hydrogen) atoms. The molecule has 8 heteroatoms. The molecule has 0 atom stereocenters. The van der Waals surface area contributed by atoms with E-state index in [-0.39, 0.29) is 5.91 Å². The van der Waals surface area contributed by atoms with Gasteiger partial charge >= 0.3 is 0 Å². The van der Waals surface area contributed by atoms with Crippen LogP contribution in [0.5, 0.6) is 0 Å². The van der Waals surface area contributed by atoms with Crippen molar-refractivity contribution in [3.8, 4) is 0 Å². The summed E-state index contributed by atoms with van der Waals surface area (Å²) in [5.41, 5.74) is 3.12. The molecule has 0 saturated carbocycles. The first-order valence-electron chi connectivity index (χ1n) is 9.62. The van der Waals surface area contributed by atoms with Gasteiger partial charge in [-0.1, -0.05) is 25.1 Å². The molecule has 8 nitrogen and oxygen atoms in total. The van der Waals surface area contributed by atoms with E-state index in [2.05, 4.69) is 37.6 Å². The van der Waals surface area contributed by atoms with Crippen molar-refractivity contribution in [3.05, 3.63) is 35.2 Å². The van der Waals surface area contributed by atoms with Gasteiger partial charge in [-0.25, -0.2) is 4.68 Å². The van der Waals surface area contributed by atoms with E-state index in [4.69, 9.17) is 0 Å². The van der Waals surface area contributed by atoms with E-state index in [9.17, 15) is 4.79 Å². The Morgan fingerprint density at radius 1 is 1.11 bits per heavy atom. The van der Waals surface area contributed by atoms with Crippen molar-refractivity contribution in [1.82, 2.24) is 30.0 Å². The number of hydrogen-bond acceptors (Lipinski definition) is 6. The molecule has 0 unspecified atom stereocenters. The van der Waals surface area contributed by atoms with Crippen molar-refractivity contribution in [3.63, 3.8) is 0 Å². The van der Waals surface area contributed by atoms with Crippen LogP contribution in [-0.2, 0) is 17.9 Å². The topological polar surface area (TPSA) is 79.2 Å². The molecule has 2 aromatic rings. The summed E-state index contributed by atoms with van der Waals surface area (Å²) in [4.78, 5) is 17.0. The smallest absolute Gasteiger partial charge is 0.238 e. The number of nitrogens with zero attached hydrogens (tertiary/aromatic N) is 6. The minimum Gasteiger partial charge on any atom is -0.324 e. The number of carbonyl (C=O) groups is 1. The number of aryl methyl sites for hydroxylation is 3. The Hall–Kier alpha value is -2.32. The highest BCUT2D eigenvalue weighted by Gasteiger charge is 2.21. The predicted molar refractivity (Wildman–Crippen MR) is 104 cm³/mol. The zero-order chi connectivity index (χ0) is 19.2. The summed E-state index contributed by atoms with van der Waals surface area (Å²) in [6.07, 6.45) is 1.02. The first kappa shape index (κ1) is 19.4. The Bertz CT molecular complexity index is 745. The average molecular weight is 371 g/mol. The first-order valence-corrected chi connectivity index (χ1v) is 9.62. The van der Waals surface area contributed by atoms with Gasteiger partial charge in [0.25, 0.3) is 0 Å². The molecule has 1 aromatic heterocycles. The van der Waals surface area contributed by atoms with Gasteiger partial charge in [-0.05, 0) is 41.8 Å². The second kappa shape index (κ2) is 9.05. The maximum absolute atomic E-state index is 12.4. The summed E-state index contributed by atoms with van der Waals surface area (Å²) in [6.45, 7) is 11.8. The molecule has 0 bridgehead atoms. The van der Waals surface area contributed by atoms with Gasteiger partial charge < -0.3 is 5.32 Å². The number of piperazine rings is 1. The van der Waals surface area contributed by atoms with E-state index in [1.54, 1.807) is 0 Å². The Kier molecular flexibility index (Phi) is 6.52. The second-order valence-electron chi connectivity index (χ2n) is 7.19. The third-order valence-corrected chi connectivity index (χ3v) is 4.98. The van der Waals surface area contributed by atoms with E-state index in [0.29, 0.717) is 6.54 Å². The Labute approximate surface area is 160 Å². The molecule has 1 aliphatic rings. The van der Waals surface area contributed by atoms with Crippen LogP contribution in [0.2, 0.25) is 0 Å². The largest absolute Gasteiger partial charge is 0.324 e. The lowest BCUT2D eigenvalue weighted by Gasteiger charge is -2.33. The van der Waals surface area contributed by atoms with Gasteiger partial charge in [-0.2, -0.15) is 0 Å². The fourth-order valence-corrected chi connectivity index (χ4v) is 3.42. The number of tetrazole rings is 1.